The second kappa shape index (κ2) is 6.05. The van der Waals surface area contributed by atoms with Crippen molar-refractivity contribution in [3.8, 4) is 0 Å². The third-order valence-electron chi connectivity index (χ3n) is 2.92. The minimum Gasteiger partial charge on any atom is -0.388 e. The van der Waals surface area contributed by atoms with E-state index in [-0.39, 0.29) is 12.0 Å². The van der Waals surface area contributed by atoms with Crippen LogP contribution >= 0.6 is 0 Å². The van der Waals surface area contributed by atoms with Gasteiger partial charge in [-0.1, -0.05) is 24.3 Å². The van der Waals surface area contributed by atoms with E-state index in [1.54, 1.807) is 0 Å². The summed E-state index contributed by atoms with van der Waals surface area (Å²) < 4.78 is 50.8. The lowest BCUT2D eigenvalue weighted by molar-refractivity contribution is 0.151. The molecule has 2 rings (SSSR count). The highest BCUT2D eigenvalue weighted by Crippen LogP contribution is 2.23. The lowest BCUT2D eigenvalue weighted by atomic mass is 10.0. The van der Waals surface area contributed by atoms with Crippen LogP contribution in [0.2, 0.25) is 0 Å². The van der Waals surface area contributed by atoms with Gasteiger partial charge in [-0.15, -0.1) is 0 Å². The van der Waals surface area contributed by atoms with Gasteiger partial charge in [-0.3, -0.25) is 0 Å². The highest BCUT2D eigenvalue weighted by Gasteiger charge is 2.12. The zero-order chi connectivity index (χ0) is 14.7. The summed E-state index contributed by atoms with van der Waals surface area (Å²) in [7, 11) is 0. The fourth-order valence-electron chi connectivity index (χ4n) is 1.93. The molecular formula is C15H12F4O. The number of alkyl halides is 2. The van der Waals surface area contributed by atoms with E-state index < -0.39 is 24.2 Å². The Kier molecular flexibility index (Phi) is 4.39. The van der Waals surface area contributed by atoms with Gasteiger partial charge in [-0.2, -0.15) is 0 Å². The predicted molar refractivity (Wildman–Crippen MR) is 66.4 cm³/mol. The van der Waals surface area contributed by atoms with E-state index in [2.05, 4.69) is 0 Å². The van der Waals surface area contributed by atoms with Gasteiger partial charge >= 0.3 is 0 Å². The Balaban J connectivity index is 2.13. The summed E-state index contributed by atoms with van der Waals surface area (Å²) in [6.07, 6.45) is -3.58. The van der Waals surface area contributed by atoms with Gasteiger partial charge in [-0.25, -0.2) is 17.6 Å². The van der Waals surface area contributed by atoms with Gasteiger partial charge in [0.05, 0.1) is 6.10 Å². The highest BCUT2D eigenvalue weighted by molar-refractivity contribution is 5.27. The molecule has 2 aromatic rings. The smallest absolute Gasteiger partial charge is 0.263 e. The van der Waals surface area contributed by atoms with Crippen molar-refractivity contribution in [2.24, 2.45) is 0 Å². The van der Waals surface area contributed by atoms with Crippen LogP contribution < -0.4 is 0 Å². The lowest BCUT2D eigenvalue weighted by Crippen LogP contribution is -2.03. The molecule has 0 fully saturated rings. The minimum atomic E-state index is -2.57. The Morgan fingerprint density at radius 3 is 1.85 bits per heavy atom. The Morgan fingerprint density at radius 1 is 0.850 bits per heavy atom. The van der Waals surface area contributed by atoms with E-state index in [1.807, 2.05) is 0 Å². The fourth-order valence-corrected chi connectivity index (χ4v) is 1.93. The summed E-state index contributed by atoms with van der Waals surface area (Å²) in [6.45, 7) is 0. The van der Waals surface area contributed by atoms with Crippen molar-refractivity contribution in [3.63, 3.8) is 0 Å². The molecule has 0 aliphatic rings. The second-order valence-electron chi connectivity index (χ2n) is 4.46. The molecule has 0 aliphatic heterocycles. The van der Waals surface area contributed by atoms with Crippen LogP contribution in [0.1, 0.15) is 29.2 Å². The van der Waals surface area contributed by atoms with E-state index in [0.717, 1.165) is 18.2 Å². The van der Waals surface area contributed by atoms with Gasteiger partial charge < -0.3 is 5.11 Å². The quantitative estimate of drug-likeness (QED) is 0.835. The van der Waals surface area contributed by atoms with E-state index in [0.29, 0.717) is 11.1 Å². The molecule has 0 spiro atoms. The highest BCUT2D eigenvalue weighted by atomic mass is 19.3. The lowest BCUT2D eigenvalue weighted by Gasteiger charge is -2.12. The van der Waals surface area contributed by atoms with Gasteiger partial charge in [-0.05, 0) is 23.3 Å². The van der Waals surface area contributed by atoms with Crippen LogP contribution in [0.15, 0.2) is 42.5 Å². The minimum absolute atomic E-state index is 0.00268. The van der Waals surface area contributed by atoms with Gasteiger partial charge in [0.25, 0.3) is 6.43 Å². The Labute approximate surface area is 113 Å². The first-order valence-corrected chi connectivity index (χ1v) is 5.97. The van der Waals surface area contributed by atoms with Crippen molar-refractivity contribution in [1.82, 2.24) is 0 Å². The van der Waals surface area contributed by atoms with Crippen molar-refractivity contribution < 1.29 is 22.7 Å². The van der Waals surface area contributed by atoms with Crippen LogP contribution in [0.25, 0.3) is 0 Å². The first kappa shape index (κ1) is 14.5. The number of halogens is 4. The SMILES string of the molecule is OC(Cc1cc(F)cc(F)c1)c1ccc(C(F)F)cc1. The maximum absolute atomic E-state index is 13.0. The van der Waals surface area contributed by atoms with Gasteiger partial charge in [0.15, 0.2) is 0 Å². The molecule has 1 nitrogen and oxygen atoms in total. The summed E-state index contributed by atoms with van der Waals surface area (Å²) in [5.41, 5.74) is 0.574. The summed E-state index contributed by atoms with van der Waals surface area (Å²) in [6, 6.07) is 8.18. The maximum atomic E-state index is 13.0. The molecule has 20 heavy (non-hydrogen) atoms. The van der Waals surface area contributed by atoms with Crippen molar-refractivity contribution in [2.45, 2.75) is 19.0 Å². The topological polar surface area (TPSA) is 20.2 Å². The maximum Gasteiger partial charge on any atom is 0.263 e. The Morgan fingerprint density at radius 2 is 1.35 bits per heavy atom. The van der Waals surface area contributed by atoms with Crippen LogP contribution in [-0.2, 0) is 6.42 Å². The molecule has 0 saturated heterocycles. The number of rotatable bonds is 4. The number of benzene rings is 2. The third kappa shape index (κ3) is 3.57. The van der Waals surface area contributed by atoms with Crippen molar-refractivity contribution in [1.29, 1.82) is 0 Å². The number of aliphatic hydroxyl groups excluding tert-OH is 1. The average molecular weight is 284 g/mol. The molecule has 0 amide bonds. The van der Waals surface area contributed by atoms with Crippen LogP contribution in [0, 0.1) is 11.6 Å². The molecule has 0 radical (unpaired) electrons. The molecule has 0 heterocycles. The number of hydrogen-bond donors (Lipinski definition) is 1. The van der Waals surface area contributed by atoms with E-state index in [1.165, 1.54) is 24.3 Å². The van der Waals surface area contributed by atoms with Gasteiger partial charge in [0.1, 0.15) is 11.6 Å². The normalized spacial score (nSPS) is 12.7. The Bertz CT molecular complexity index is 561. The molecule has 5 heteroatoms. The van der Waals surface area contributed by atoms with E-state index in [4.69, 9.17) is 0 Å². The molecule has 0 saturated carbocycles. The van der Waals surface area contributed by atoms with Crippen LogP contribution in [0.5, 0.6) is 0 Å². The van der Waals surface area contributed by atoms with Gasteiger partial charge in [0, 0.05) is 18.1 Å². The average Bonchev–Trinajstić information content (AvgIpc) is 2.37. The molecule has 2 aromatic carbocycles. The second-order valence-corrected chi connectivity index (χ2v) is 4.46. The molecular weight excluding hydrogens is 272 g/mol. The van der Waals surface area contributed by atoms with Crippen molar-refractivity contribution >= 4 is 0 Å². The van der Waals surface area contributed by atoms with Gasteiger partial charge in [0.2, 0.25) is 0 Å². The van der Waals surface area contributed by atoms with Crippen molar-refractivity contribution in [2.75, 3.05) is 0 Å². The molecule has 1 N–H and O–H groups in total. The molecule has 0 aromatic heterocycles. The predicted octanol–water partition coefficient (Wildman–Crippen LogP) is 4.18. The molecule has 1 atom stereocenters. The largest absolute Gasteiger partial charge is 0.388 e. The van der Waals surface area contributed by atoms with Crippen LogP contribution in [-0.4, -0.2) is 5.11 Å². The first-order chi connectivity index (χ1) is 9.45. The molecule has 106 valence electrons. The molecule has 0 aliphatic carbocycles. The Hall–Kier alpha value is -1.88. The fraction of sp³-hybridized carbons (Fsp3) is 0.200. The van der Waals surface area contributed by atoms with E-state index >= 15 is 0 Å². The standard InChI is InChI=1S/C15H12F4O/c16-12-5-9(6-13(17)8-12)7-14(20)10-1-3-11(4-2-10)15(18)19/h1-6,8,14-15,20H,7H2. The summed E-state index contributed by atoms with van der Waals surface area (Å²) in [5, 5.41) is 9.95. The number of aliphatic hydroxyl groups is 1. The number of hydrogen-bond acceptors (Lipinski definition) is 1. The molecule has 0 bridgehead atoms. The van der Waals surface area contributed by atoms with Crippen LogP contribution in [0.3, 0.4) is 0 Å². The zero-order valence-electron chi connectivity index (χ0n) is 10.4. The monoisotopic (exact) mass is 284 g/mol. The van der Waals surface area contributed by atoms with Crippen LogP contribution in [0.4, 0.5) is 17.6 Å². The summed E-state index contributed by atoms with van der Waals surface area (Å²) in [5.74, 6) is -1.44. The first-order valence-electron chi connectivity index (χ1n) is 5.97. The summed E-state index contributed by atoms with van der Waals surface area (Å²) >= 11 is 0. The van der Waals surface area contributed by atoms with Crippen molar-refractivity contribution in [3.05, 3.63) is 70.8 Å². The summed E-state index contributed by atoms with van der Waals surface area (Å²) in [4.78, 5) is 0. The van der Waals surface area contributed by atoms with E-state index in [9.17, 15) is 22.7 Å². The zero-order valence-corrected chi connectivity index (χ0v) is 10.4. The third-order valence-corrected chi connectivity index (χ3v) is 2.92. The molecule has 1 unspecified atom stereocenters.